The van der Waals surface area contributed by atoms with Crippen molar-refractivity contribution >= 4 is 46.4 Å². The molecule has 4 aromatic rings. The van der Waals surface area contributed by atoms with Gasteiger partial charge in [0.15, 0.2) is 17.5 Å². The van der Waals surface area contributed by atoms with Crippen molar-refractivity contribution in [2.24, 2.45) is 10.7 Å². The van der Waals surface area contributed by atoms with E-state index in [0.717, 1.165) is 25.0 Å². The lowest BCUT2D eigenvalue weighted by atomic mass is 10.1. The molecule has 42 heavy (non-hydrogen) atoms. The zero-order chi connectivity index (χ0) is 29.2. The highest BCUT2D eigenvalue weighted by molar-refractivity contribution is 5.94. The summed E-state index contributed by atoms with van der Waals surface area (Å²) in [5, 5.41) is 3.10. The smallest absolute Gasteiger partial charge is 0.298 e. The minimum Gasteiger partial charge on any atom is -0.457 e. The fourth-order valence-electron chi connectivity index (χ4n) is 5.53. The molecule has 2 fully saturated rings. The fraction of sp³-hybridized carbons (Fsp3) is 0.267. The first-order chi connectivity index (χ1) is 20.4. The molecular formula is C30H28FN9O2. The molecule has 6 rings (SSSR count). The Hall–Kier alpha value is -5.31. The van der Waals surface area contributed by atoms with E-state index < -0.39 is 5.82 Å². The number of anilines is 3. The normalized spacial score (nSPS) is 17.8. The molecule has 11 nitrogen and oxygen atoms in total. The van der Waals surface area contributed by atoms with Crippen molar-refractivity contribution in [1.82, 2.24) is 24.8 Å². The van der Waals surface area contributed by atoms with Crippen molar-refractivity contribution in [3.05, 3.63) is 60.3 Å². The van der Waals surface area contributed by atoms with Crippen LogP contribution in [0.4, 0.5) is 27.5 Å². The molecule has 212 valence electrons. The van der Waals surface area contributed by atoms with Crippen molar-refractivity contribution in [1.29, 1.82) is 0 Å². The molecule has 0 aliphatic carbocycles. The van der Waals surface area contributed by atoms with E-state index in [1.807, 2.05) is 17.0 Å². The number of fused-ring (bicyclic) bond motifs is 3. The van der Waals surface area contributed by atoms with E-state index in [9.17, 15) is 4.79 Å². The molecule has 2 saturated heterocycles. The molecule has 3 N–H and O–H groups in total. The summed E-state index contributed by atoms with van der Waals surface area (Å²) >= 11 is 0. The number of carbonyl (C=O) groups is 1. The first-order valence-electron chi connectivity index (χ1n) is 13.5. The zero-order valence-corrected chi connectivity index (χ0v) is 23.1. The Morgan fingerprint density at radius 3 is 2.74 bits per heavy atom. The van der Waals surface area contributed by atoms with Crippen molar-refractivity contribution in [2.45, 2.75) is 38.8 Å². The number of likely N-dealkylation sites (tertiary alicyclic amines) is 1. The average Bonchev–Trinajstić information content (AvgIpc) is 3.26. The van der Waals surface area contributed by atoms with Gasteiger partial charge in [-0.15, -0.1) is 0 Å². The van der Waals surface area contributed by atoms with Crippen molar-refractivity contribution in [3.8, 4) is 23.3 Å². The number of aliphatic imine (C=N–C) groups is 1. The average molecular weight is 566 g/mol. The summed E-state index contributed by atoms with van der Waals surface area (Å²) in [6.45, 7) is 4.50. The molecular weight excluding hydrogens is 537 g/mol. The van der Waals surface area contributed by atoms with Crippen LogP contribution >= 0.6 is 0 Å². The minimum atomic E-state index is -0.487. The molecule has 2 aliphatic heterocycles. The van der Waals surface area contributed by atoms with Crippen LogP contribution in [0.1, 0.15) is 25.3 Å². The number of amides is 1. The number of hydrogen-bond acceptors (Lipinski definition) is 9. The third kappa shape index (κ3) is 5.12. The molecule has 2 atom stereocenters. The minimum absolute atomic E-state index is 0.138. The quantitative estimate of drug-likeness (QED) is 0.200. The lowest BCUT2D eigenvalue weighted by Crippen LogP contribution is -2.55. The largest absolute Gasteiger partial charge is 0.457 e. The second-order valence-electron chi connectivity index (χ2n) is 10.0. The van der Waals surface area contributed by atoms with Crippen molar-refractivity contribution in [2.75, 3.05) is 23.3 Å². The van der Waals surface area contributed by atoms with Crippen LogP contribution in [0.2, 0.25) is 0 Å². The predicted molar refractivity (Wildman–Crippen MR) is 158 cm³/mol. The highest BCUT2D eigenvalue weighted by atomic mass is 19.1. The van der Waals surface area contributed by atoms with E-state index in [-0.39, 0.29) is 23.7 Å². The number of carbonyl (C=O) groups excluding carboxylic acids is 1. The van der Waals surface area contributed by atoms with Gasteiger partial charge in [0, 0.05) is 43.0 Å². The third-order valence-electron chi connectivity index (χ3n) is 7.47. The summed E-state index contributed by atoms with van der Waals surface area (Å²) in [6.07, 6.45) is 6.02. The number of piperazine rings is 1. The van der Waals surface area contributed by atoms with E-state index in [0.29, 0.717) is 52.8 Å². The Bertz CT molecular complexity index is 1750. The summed E-state index contributed by atoms with van der Waals surface area (Å²) in [6, 6.07) is 10.6. The number of halogens is 1. The van der Waals surface area contributed by atoms with Gasteiger partial charge in [-0.1, -0.05) is 5.92 Å². The lowest BCUT2D eigenvalue weighted by Gasteiger charge is -2.41. The van der Waals surface area contributed by atoms with Gasteiger partial charge in [-0.05, 0) is 62.9 Å². The fourth-order valence-corrected chi connectivity index (χ4v) is 5.53. The van der Waals surface area contributed by atoms with Crippen LogP contribution in [-0.2, 0) is 4.79 Å². The Balaban J connectivity index is 1.26. The number of nitrogens with one attached hydrogen (secondary N) is 1. The number of hydrogen-bond donors (Lipinski definition) is 2. The van der Waals surface area contributed by atoms with Crippen LogP contribution in [0, 0.1) is 24.6 Å². The van der Waals surface area contributed by atoms with Crippen LogP contribution in [-0.4, -0.2) is 62.3 Å². The van der Waals surface area contributed by atoms with Gasteiger partial charge >= 0.3 is 0 Å². The van der Waals surface area contributed by atoms with Crippen LogP contribution in [0.5, 0.6) is 11.5 Å². The van der Waals surface area contributed by atoms with Crippen LogP contribution in [0.3, 0.4) is 0 Å². The maximum atomic E-state index is 15.6. The molecule has 12 heteroatoms. The molecule has 1 amide bonds. The van der Waals surface area contributed by atoms with Gasteiger partial charge < -0.3 is 25.6 Å². The molecule has 0 saturated carbocycles. The molecule has 2 aliphatic rings. The summed E-state index contributed by atoms with van der Waals surface area (Å²) in [5.74, 6) is 7.05. The first kappa shape index (κ1) is 26.9. The topological polar surface area (TPSA) is 135 Å². The van der Waals surface area contributed by atoms with Gasteiger partial charge in [0.05, 0.1) is 17.5 Å². The van der Waals surface area contributed by atoms with Gasteiger partial charge in [0.1, 0.15) is 29.2 Å². The van der Waals surface area contributed by atoms with Gasteiger partial charge in [0.25, 0.3) is 5.91 Å². The summed E-state index contributed by atoms with van der Waals surface area (Å²) in [4.78, 5) is 38.2. The maximum absolute atomic E-state index is 15.6. The van der Waals surface area contributed by atoms with E-state index in [1.165, 1.54) is 12.5 Å². The van der Waals surface area contributed by atoms with Crippen LogP contribution in [0.15, 0.2) is 53.9 Å². The van der Waals surface area contributed by atoms with Crippen LogP contribution < -0.4 is 20.7 Å². The van der Waals surface area contributed by atoms with E-state index >= 15 is 4.39 Å². The third-order valence-corrected chi connectivity index (χ3v) is 7.47. The van der Waals surface area contributed by atoms with Gasteiger partial charge in [-0.3, -0.25) is 4.79 Å². The molecule has 0 spiro atoms. The lowest BCUT2D eigenvalue weighted by molar-refractivity contribution is -0.126. The number of pyridine rings is 2. The van der Waals surface area contributed by atoms with Gasteiger partial charge in [-0.2, -0.15) is 0 Å². The second kappa shape index (κ2) is 11.3. The zero-order valence-electron chi connectivity index (χ0n) is 23.1. The summed E-state index contributed by atoms with van der Waals surface area (Å²) < 4.78 is 21.5. The van der Waals surface area contributed by atoms with Gasteiger partial charge in [0.2, 0.25) is 0 Å². The van der Waals surface area contributed by atoms with Gasteiger partial charge in [-0.25, -0.2) is 29.3 Å². The molecule has 1 aromatic carbocycles. The maximum Gasteiger partial charge on any atom is 0.298 e. The molecule has 3 aromatic heterocycles. The predicted octanol–water partition coefficient (Wildman–Crippen LogP) is 4.22. The first-order valence-corrected chi connectivity index (χ1v) is 13.5. The Kier molecular flexibility index (Phi) is 7.23. The Morgan fingerprint density at radius 2 is 1.98 bits per heavy atom. The number of benzene rings is 1. The molecule has 2 unspecified atom stereocenters. The standard InChI is InChI=1S/C30H28FN9O2/c1-3-4-27(41)39-14-19-5-6-20(15-39)40(19)26-10-8-23-29(38-26)30(36-17-35-23)37-22-7-9-24(18(2)28(22)31)42-21-11-12-33-25(13-21)34-16-32/h7-13,16-17,19-20H,5-6,14-15H2,1-2H3,(H2,32,33,34)(H,35,36,37). The second-order valence-corrected chi connectivity index (χ2v) is 10.0. The van der Waals surface area contributed by atoms with Crippen molar-refractivity contribution < 1.29 is 13.9 Å². The highest BCUT2D eigenvalue weighted by Crippen LogP contribution is 2.36. The number of rotatable bonds is 6. The number of nitrogens with zero attached hydrogens (tertiary/aromatic N) is 7. The molecule has 2 bridgehead atoms. The number of nitrogens with two attached hydrogens (primary N) is 1. The SMILES string of the molecule is CC#CC(=O)N1CC2CCC(C1)N2c1ccc2ncnc(Nc3ccc(Oc4ccnc(N=CN)c4)c(C)c3F)c2n1. The Labute approximate surface area is 241 Å². The van der Waals surface area contributed by atoms with E-state index in [4.69, 9.17) is 15.5 Å². The number of aromatic nitrogens is 4. The van der Waals surface area contributed by atoms with E-state index in [2.05, 4.69) is 42.0 Å². The summed E-state index contributed by atoms with van der Waals surface area (Å²) in [5.41, 5.74) is 7.02. The van der Waals surface area contributed by atoms with Crippen LogP contribution in [0.25, 0.3) is 11.0 Å². The Morgan fingerprint density at radius 1 is 1.17 bits per heavy atom. The molecule has 0 radical (unpaired) electrons. The molecule has 5 heterocycles. The van der Waals surface area contributed by atoms with E-state index in [1.54, 1.807) is 38.1 Å². The van der Waals surface area contributed by atoms with Crippen molar-refractivity contribution in [3.63, 3.8) is 0 Å². The number of ether oxygens (including phenoxy) is 1. The monoisotopic (exact) mass is 565 g/mol. The highest BCUT2D eigenvalue weighted by Gasteiger charge is 2.41. The summed E-state index contributed by atoms with van der Waals surface area (Å²) in [7, 11) is 0.